The summed E-state index contributed by atoms with van der Waals surface area (Å²) in [7, 11) is 0. The van der Waals surface area contributed by atoms with Crippen LogP contribution in [0.3, 0.4) is 0 Å². The second-order valence-electron chi connectivity index (χ2n) is 7.83. The zero-order valence-corrected chi connectivity index (χ0v) is 18.9. The third-order valence-electron chi connectivity index (χ3n) is 5.41. The van der Waals surface area contributed by atoms with Gasteiger partial charge in [0.15, 0.2) is 0 Å². The number of ether oxygens (including phenoxy) is 1. The van der Waals surface area contributed by atoms with Crippen molar-refractivity contribution in [2.75, 3.05) is 31.6 Å². The molecule has 32 heavy (non-hydrogen) atoms. The van der Waals surface area contributed by atoms with E-state index in [9.17, 15) is 9.59 Å². The van der Waals surface area contributed by atoms with Gasteiger partial charge in [0.1, 0.15) is 5.15 Å². The van der Waals surface area contributed by atoms with Gasteiger partial charge in [-0.3, -0.25) is 9.59 Å². The molecule has 2 heterocycles. The maximum Gasteiger partial charge on any atom is 0.260 e. The van der Waals surface area contributed by atoms with E-state index >= 15 is 0 Å². The maximum absolute atomic E-state index is 13.0. The molecule has 1 saturated heterocycles. The van der Waals surface area contributed by atoms with Gasteiger partial charge in [0.2, 0.25) is 0 Å². The number of morpholine rings is 1. The van der Waals surface area contributed by atoms with E-state index in [1.807, 2.05) is 31.2 Å². The van der Waals surface area contributed by atoms with E-state index in [0.29, 0.717) is 55.4 Å². The molecule has 0 spiro atoms. The Labute approximate surface area is 191 Å². The number of benzene rings is 2. The lowest BCUT2D eigenvalue weighted by atomic mass is 10.1. The summed E-state index contributed by atoms with van der Waals surface area (Å²) in [6.45, 7) is 6.44. The largest absolute Gasteiger partial charge is 0.378 e. The van der Waals surface area contributed by atoms with Crippen LogP contribution in [0, 0.1) is 13.8 Å². The molecule has 0 saturated carbocycles. The van der Waals surface area contributed by atoms with Crippen LogP contribution in [0.1, 0.15) is 37.5 Å². The standard InChI is InChI=1S/C24H25ClN4O3/c1-16-6-8-18(9-7-16)15-29-22(25)21(17(2)27-29)23(30)26-20-5-3-4-19(14-20)24(31)28-10-12-32-13-11-28/h3-9,14H,10-13,15H2,1-2H3,(H,26,30). The molecule has 3 aromatic rings. The quantitative estimate of drug-likeness (QED) is 0.636. The molecule has 1 N–H and O–H groups in total. The zero-order valence-electron chi connectivity index (χ0n) is 18.1. The van der Waals surface area contributed by atoms with Crippen molar-refractivity contribution in [3.63, 3.8) is 0 Å². The minimum absolute atomic E-state index is 0.0791. The van der Waals surface area contributed by atoms with Gasteiger partial charge in [-0.05, 0) is 37.6 Å². The number of aromatic nitrogens is 2. The molecular formula is C24H25ClN4O3. The molecule has 1 aliphatic rings. The van der Waals surface area contributed by atoms with Crippen molar-refractivity contribution in [3.05, 3.63) is 81.6 Å². The minimum Gasteiger partial charge on any atom is -0.378 e. The Morgan fingerprint density at radius 1 is 1.09 bits per heavy atom. The highest BCUT2D eigenvalue weighted by Gasteiger charge is 2.22. The molecule has 2 amide bonds. The molecule has 0 radical (unpaired) electrons. The second kappa shape index (κ2) is 9.54. The van der Waals surface area contributed by atoms with Crippen LogP contribution in [-0.4, -0.2) is 52.8 Å². The number of nitrogens with zero attached hydrogens (tertiary/aromatic N) is 3. The van der Waals surface area contributed by atoms with Crippen molar-refractivity contribution in [2.24, 2.45) is 0 Å². The first kappa shape index (κ1) is 22.0. The van der Waals surface area contributed by atoms with Crippen molar-refractivity contribution in [1.82, 2.24) is 14.7 Å². The van der Waals surface area contributed by atoms with Gasteiger partial charge < -0.3 is 15.0 Å². The Bertz CT molecular complexity index is 1130. The van der Waals surface area contributed by atoms with Crippen LogP contribution in [0.2, 0.25) is 5.15 Å². The molecule has 8 heteroatoms. The van der Waals surface area contributed by atoms with Crippen LogP contribution >= 0.6 is 11.6 Å². The number of halogens is 1. The molecule has 4 rings (SSSR count). The molecule has 0 atom stereocenters. The fourth-order valence-corrected chi connectivity index (χ4v) is 3.98. The maximum atomic E-state index is 13.0. The number of amides is 2. The number of hydrogen-bond acceptors (Lipinski definition) is 4. The average Bonchev–Trinajstić information content (AvgIpc) is 3.08. The molecule has 1 aromatic heterocycles. The average molecular weight is 453 g/mol. The Morgan fingerprint density at radius 3 is 2.53 bits per heavy atom. The van der Waals surface area contributed by atoms with Crippen LogP contribution in [-0.2, 0) is 11.3 Å². The third kappa shape index (κ3) is 4.84. The van der Waals surface area contributed by atoms with Crippen molar-refractivity contribution in [2.45, 2.75) is 20.4 Å². The smallest absolute Gasteiger partial charge is 0.260 e. The normalized spacial score (nSPS) is 13.8. The monoisotopic (exact) mass is 452 g/mol. The van der Waals surface area contributed by atoms with Crippen LogP contribution < -0.4 is 5.32 Å². The van der Waals surface area contributed by atoms with Gasteiger partial charge >= 0.3 is 0 Å². The summed E-state index contributed by atoms with van der Waals surface area (Å²) in [5, 5.41) is 7.58. The highest BCUT2D eigenvalue weighted by atomic mass is 35.5. The predicted molar refractivity (Wildman–Crippen MR) is 123 cm³/mol. The topological polar surface area (TPSA) is 76.5 Å². The number of anilines is 1. The summed E-state index contributed by atoms with van der Waals surface area (Å²) in [4.78, 5) is 27.5. The molecule has 2 aromatic carbocycles. The summed E-state index contributed by atoms with van der Waals surface area (Å²) in [5.41, 5.74) is 4.12. The Balaban J connectivity index is 1.50. The van der Waals surface area contributed by atoms with Crippen molar-refractivity contribution < 1.29 is 14.3 Å². The van der Waals surface area contributed by atoms with E-state index in [1.54, 1.807) is 40.8 Å². The molecule has 0 bridgehead atoms. The van der Waals surface area contributed by atoms with Crippen molar-refractivity contribution >= 4 is 29.1 Å². The first-order valence-electron chi connectivity index (χ1n) is 10.5. The van der Waals surface area contributed by atoms with E-state index in [4.69, 9.17) is 16.3 Å². The fourth-order valence-electron chi connectivity index (χ4n) is 3.66. The van der Waals surface area contributed by atoms with Gasteiger partial charge in [-0.1, -0.05) is 47.5 Å². The minimum atomic E-state index is -0.362. The van der Waals surface area contributed by atoms with Gasteiger partial charge in [0, 0.05) is 24.3 Å². The zero-order chi connectivity index (χ0) is 22.7. The summed E-state index contributed by atoms with van der Waals surface area (Å²) in [5.74, 6) is -0.442. The van der Waals surface area contributed by atoms with E-state index in [2.05, 4.69) is 10.4 Å². The van der Waals surface area contributed by atoms with Crippen LogP contribution in [0.15, 0.2) is 48.5 Å². The summed E-state index contributed by atoms with van der Waals surface area (Å²) in [6, 6.07) is 15.0. The van der Waals surface area contributed by atoms with Crippen LogP contribution in [0.5, 0.6) is 0 Å². The molecule has 1 fully saturated rings. The highest BCUT2D eigenvalue weighted by Crippen LogP contribution is 2.23. The van der Waals surface area contributed by atoms with Crippen molar-refractivity contribution in [1.29, 1.82) is 0 Å². The van der Waals surface area contributed by atoms with Gasteiger partial charge in [-0.15, -0.1) is 0 Å². The number of nitrogens with one attached hydrogen (secondary N) is 1. The van der Waals surface area contributed by atoms with Crippen molar-refractivity contribution in [3.8, 4) is 0 Å². The lowest BCUT2D eigenvalue weighted by Crippen LogP contribution is -2.40. The van der Waals surface area contributed by atoms with E-state index < -0.39 is 0 Å². The van der Waals surface area contributed by atoms with Gasteiger partial charge in [-0.25, -0.2) is 4.68 Å². The third-order valence-corrected chi connectivity index (χ3v) is 5.80. The van der Waals surface area contributed by atoms with E-state index in [1.165, 1.54) is 5.56 Å². The molecule has 0 unspecified atom stereocenters. The Kier molecular flexibility index (Phi) is 6.58. The lowest BCUT2D eigenvalue weighted by Gasteiger charge is -2.27. The van der Waals surface area contributed by atoms with E-state index in [-0.39, 0.29) is 17.0 Å². The Hall–Kier alpha value is -3.16. The number of rotatable bonds is 5. The number of hydrogen-bond donors (Lipinski definition) is 1. The Morgan fingerprint density at radius 2 is 1.81 bits per heavy atom. The second-order valence-corrected chi connectivity index (χ2v) is 8.19. The summed E-state index contributed by atoms with van der Waals surface area (Å²) < 4.78 is 6.93. The molecule has 7 nitrogen and oxygen atoms in total. The van der Waals surface area contributed by atoms with Gasteiger partial charge in [-0.2, -0.15) is 5.10 Å². The van der Waals surface area contributed by atoms with Crippen LogP contribution in [0.4, 0.5) is 5.69 Å². The lowest BCUT2D eigenvalue weighted by molar-refractivity contribution is 0.0303. The molecular weight excluding hydrogens is 428 g/mol. The number of carbonyl (C=O) groups excluding carboxylic acids is 2. The predicted octanol–water partition coefficient (Wildman–Crippen LogP) is 3.93. The molecule has 166 valence electrons. The number of aryl methyl sites for hydroxylation is 2. The summed E-state index contributed by atoms with van der Waals surface area (Å²) >= 11 is 6.52. The first-order valence-corrected chi connectivity index (χ1v) is 10.9. The SMILES string of the molecule is Cc1ccc(Cn2nc(C)c(C(=O)Nc3cccc(C(=O)N4CCOCC4)c3)c2Cl)cc1. The summed E-state index contributed by atoms with van der Waals surface area (Å²) in [6.07, 6.45) is 0. The number of carbonyl (C=O) groups is 2. The van der Waals surface area contributed by atoms with Crippen LogP contribution in [0.25, 0.3) is 0 Å². The van der Waals surface area contributed by atoms with Gasteiger partial charge in [0.05, 0.1) is 31.0 Å². The molecule has 1 aliphatic heterocycles. The van der Waals surface area contributed by atoms with E-state index in [0.717, 1.165) is 5.56 Å². The molecule has 0 aliphatic carbocycles. The van der Waals surface area contributed by atoms with Gasteiger partial charge in [0.25, 0.3) is 11.8 Å². The fraction of sp³-hybridized carbons (Fsp3) is 0.292. The highest BCUT2D eigenvalue weighted by molar-refractivity contribution is 6.33. The first-order chi connectivity index (χ1) is 15.4.